The van der Waals surface area contributed by atoms with Crippen LogP contribution in [-0.2, 0) is 28.8 Å². The van der Waals surface area contributed by atoms with Crippen LogP contribution in [0.4, 0.5) is 0 Å². The molecule has 1 aromatic heterocycles. The van der Waals surface area contributed by atoms with Crippen molar-refractivity contribution in [3.05, 3.63) is 57.3 Å². The Bertz CT molecular complexity index is 715. The third-order valence-corrected chi connectivity index (χ3v) is 5.62. The van der Waals surface area contributed by atoms with Crippen LogP contribution in [0.3, 0.4) is 0 Å². The van der Waals surface area contributed by atoms with Crippen molar-refractivity contribution in [1.82, 2.24) is 5.32 Å². The lowest BCUT2D eigenvalue weighted by molar-refractivity contribution is -0.129. The number of aryl methyl sites for hydroxylation is 2. The van der Waals surface area contributed by atoms with Gasteiger partial charge in [-0.15, -0.1) is 11.3 Å². The fourth-order valence-corrected chi connectivity index (χ4v) is 4.12. The molecule has 1 aromatic carbocycles. The molecule has 132 valence electrons. The maximum absolute atomic E-state index is 12.3. The fourth-order valence-electron chi connectivity index (χ4n) is 2.98. The second kappa shape index (κ2) is 8.30. The van der Waals surface area contributed by atoms with Crippen LogP contribution >= 0.6 is 11.3 Å². The summed E-state index contributed by atoms with van der Waals surface area (Å²) in [6, 6.07) is 11.9. The number of rotatable bonds is 6. The summed E-state index contributed by atoms with van der Waals surface area (Å²) >= 11 is 1.51. The standard InChI is InChI=1S/C20H23NO3S/c1-14(19(22)21-12-11-15-7-3-2-4-8-15)24-20(23)18-13-16-9-5-6-10-17(16)25-18/h2-4,7-8,13-14H,5-6,9-12H2,1H3,(H,21,22)/t14-/m0/s1. The number of fused-ring (bicyclic) bond motifs is 1. The van der Waals surface area contributed by atoms with Crippen LogP contribution in [0.15, 0.2) is 36.4 Å². The number of hydrogen-bond donors (Lipinski definition) is 1. The van der Waals surface area contributed by atoms with Gasteiger partial charge in [0.2, 0.25) is 0 Å². The lowest BCUT2D eigenvalue weighted by atomic mass is 9.99. The second-order valence-electron chi connectivity index (χ2n) is 6.34. The van der Waals surface area contributed by atoms with E-state index < -0.39 is 12.1 Å². The Labute approximate surface area is 152 Å². The highest BCUT2D eigenvalue weighted by Crippen LogP contribution is 2.30. The average molecular weight is 357 g/mol. The summed E-state index contributed by atoms with van der Waals surface area (Å²) in [5.74, 6) is -0.657. The minimum atomic E-state index is -0.789. The normalized spacial score (nSPS) is 14.4. The van der Waals surface area contributed by atoms with Crippen molar-refractivity contribution in [2.45, 2.75) is 45.1 Å². The van der Waals surface area contributed by atoms with Crippen LogP contribution in [0.25, 0.3) is 0 Å². The van der Waals surface area contributed by atoms with E-state index in [0.29, 0.717) is 11.4 Å². The molecule has 0 saturated heterocycles. The largest absolute Gasteiger partial charge is 0.448 e. The molecule has 0 spiro atoms. The van der Waals surface area contributed by atoms with Gasteiger partial charge in [0, 0.05) is 11.4 Å². The van der Waals surface area contributed by atoms with E-state index in [1.54, 1.807) is 6.92 Å². The fraction of sp³-hybridized carbons (Fsp3) is 0.400. The first kappa shape index (κ1) is 17.7. The molecule has 0 unspecified atom stereocenters. The highest BCUT2D eigenvalue weighted by Gasteiger charge is 2.22. The summed E-state index contributed by atoms with van der Waals surface area (Å²) in [5, 5.41) is 2.82. The number of thiophene rings is 1. The SMILES string of the molecule is C[C@H](OC(=O)c1cc2c(s1)CCCC2)C(=O)NCCc1ccccc1. The summed E-state index contributed by atoms with van der Waals surface area (Å²) in [6.07, 6.45) is 4.41. The van der Waals surface area contributed by atoms with Gasteiger partial charge in [0.15, 0.2) is 6.10 Å². The van der Waals surface area contributed by atoms with Gasteiger partial charge in [0.1, 0.15) is 4.88 Å². The highest BCUT2D eigenvalue weighted by atomic mass is 32.1. The van der Waals surface area contributed by atoms with Crippen molar-refractivity contribution in [3.63, 3.8) is 0 Å². The molecule has 4 nitrogen and oxygen atoms in total. The first-order chi connectivity index (χ1) is 12.1. The number of nitrogens with one attached hydrogen (secondary N) is 1. The third kappa shape index (κ3) is 4.69. The smallest absolute Gasteiger partial charge is 0.349 e. The molecule has 0 bridgehead atoms. The molecular weight excluding hydrogens is 334 g/mol. The molecule has 0 fully saturated rings. The van der Waals surface area contributed by atoms with Gasteiger partial charge in [-0.25, -0.2) is 4.79 Å². The van der Waals surface area contributed by atoms with Crippen molar-refractivity contribution in [3.8, 4) is 0 Å². The number of esters is 1. The van der Waals surface area contributed by atoms with Crippen molar-refractivity contribution >= 4 is 23.2 Å². The summed E-state index contributed by atoms with van der Waals surface area (Å²) in [7, 11) is 0. The Morgan fingerprint density at radius 2 is 1.96 bits per heavy atom. The molecule has 0 saturated carbocycles. The van der Waals surface area contributed by atoms with Gasteiger partial charge in [-0.05, 0) is 56.2 Å². The number of amides is 1. The van der Waals surface area contributed by atoms with Gasteiger partial charge in [0.05, 0.1) is 0 Å². The van der Waals surface area contributed by atoms with Gasteiger partial charge >= 0.3 is 5.97 Å². The Hall–Kier alpha value is -2.14. The van der Waals surface area contributed by atoms with Gasteiger partial charge in [-0.2, -0.15) is 0 Å². The molecule has 2 aromatic rings. The number of hydrogen-bond acceptors (Lipinski definition) is 4. The molecule has 1 atom stereocenters. The molecule has 5 heteroatoms. The predicted octanol–water partition coefficient (Wildman–Crippen LogP) is 3.53. The number of ether oxygens (including phenoxy) is 1. The lowest BCUT2D eigenvalue weighted by Gasteiger charge is -2.13. The van der Waals surface area contributed by atoms with Crippen molar-refractivity contribution in [2.75, 3.05) is 6.54 Å². The van der Waals surface area contributed by atoms with Gasteiger partial charge in [0.25, 0.3) is 5.91 Å². The van der Waals surface area contributed by atoms with Crippen LogP contribution in [0.1, 0.15) is 45.4 Å². The molecule has 1 N–H and O–H groups in total. The van der Waals surface area contributed by atoms with E-state index in [1.165, 1.54) is 34.6 Å². The maximum atomic E-state index is 12.3. The van der Waals surface area contributed by atoms with Crippen LogP contribution < -0.4 is 5.32 Å². The zero-order chi connectivity index (χ0) is 17.6. The Balaban J connectivity index is 1.47. The molecular formula is C20H23NO3S. The third-order valence-electron chi connectivity index (χ3n) is 4.41. The zero-order valence-corrected chi connectivity index (χ0v) is 15.2. The summed E-state index contributed by atoms with van der Waals surface area (Å²) in [5.41, 5.74) is 2.43. The van der Waals surface area contributed by atoms with E-state index in [1.807, 2.05) is 36.4 Å². The van der Waals surface area contributed by atoms with E-state index in [2.05, 4.69) is 5.32 Å². The number of carbonyl (C=O) groups excluding carboxylic acids is 2. The minimum Gasteiger partial charge on any atom is -0.448 e. The van der Waals surface area contributed by atoms with Crippen molar-refractivity contribution in [2.24, 2.45) is 0 Å². The molecule has 0 radical (unpaired) electrons. The zero-order valence-electron chi connectivity index (χ0n) is 14.4. The molecule has 0 aliphatic heterocycles. The van der Waals surface area contributed by atoms with E-state index in [4.69, 9.17) is 4.74 Å². The van der Waals surface area contributed by atoms with Crippen LogP contribution in [0.2, 0.25) is 0 Å². The minimum absolute atomic E-state index is 0.259. The number of carbonyl (C=O) groups is 2. The van der Waals surface area contributed by atoms with Gasteiger partial charge < -0.3 is 10.1 Å². The molecule has 1 amide bonds. The second-order valence-corrected chi connectivity index (χ2v) is 7.48. The van der Waals surface area contributed by atoms with E-state index in [9.17, 15) is 9.59 Å². The number of benzene rings is 1. The van der Waals surface area contributed by atoms with E-state index in [-0.39, 0.29) is 5.91 Å². The summed E-state index contributed by atoms with van der Waals surface area (Å²) in [6.45, 7) is 2.14. The van der Waals surface area contributed by atoms with E-state index in [0.717, 1.165) is 24.8 Å². The molecule has 1 heterocycles. The Kier molecular flexibility index (Phi) is 5.87. The molecule has 1 aliphatic rings. The molecule has 3 rings (SSSR count). The monoisotopic (exact) mass is 357 g/mol. The Morgan fingerprint density at radius 1 is 1.20 bits per heavy atom. The average Bonchev–Trinajstić information content (AvgIpc) is 3.07. The van der Waals surface area contributed by atoms with Crippen molar-refractivity contribution < 1.29 is 14.3 Å². The molecule has 25 heavy (non-hydrogen) atoms. The van der Waals surface area contributed by atoms with Gasteiger partial charge in [-0.1, -0.05) is 30.3 Å². The van der Waals surface area contributed by atoms with Crippen molar-refractivity contribution in [1.29, 1.82) is 0 Å². The first-order valence-corrected chi connectivity index (χ1v) is 9.59. The van der Waals surface area contributed by atoms with E-state index >= 15 is 0 Å². The maximum Gasteiger partial charge on any atom is 0.349 e. The van der Waals surface area contributed by atoms with Gasteiger partial charge in [-0.3, -0.25) is 4.79 Å². The van der Waals surface area contributed by atoms with Crippen LogP contribution in [-0.4, -0.2) is 24.5 Å². The van der Waals surface area contributed by atoms with Crippen LogP contribution in [0, 0.1) is 0 Å². The highest BCUT2D eigenvalue weighted by molar-refractivity contribution is 7.14. The topological polar surface area (TPSA) is 55.4 Å². The Morgan fingerprint density at radius 3 is 2.72 bits per heavy atom. The van der Waals surface area contributed by atoms with Crippen LogP contribution in [0.5, 0.6) is 0 Å². The summed E-state index contributed by atoms with van der Waals surface area (Å²) < 4.78 is 5.34. The summed E-state index contributed by atoms with van der Waals surface area (Å²) in [4.78, 5) is 26.3. The lowest BCUT2D eigenvalue weighted by Crippen LogP contribution is -2.36. The first-order valence-electron chi connectivity index (χ1n) is 8.77. The predicted molar refractivity (Wildman–Crippen MR) is 99.0 cm³/mol. The quantitative estimate of drug-likeness (QED) is 0.805. The molecule has 1 aliphatic carbocycles.